The fourth-order valence-electron chi connectivity index (χ4n) is 2.50. The van der Waals surface area contributed by atoms with Gasteiger partial charge in [0.2, 0.25) is 0 Å². The van der Waals surface area contributed by atoms with Crippen LogP contribution in [0.4, 0.5) is 0 Å². The molecule has 0 aliphatic carbocycles. The molecule has 1 heterocycles. The van der Waals surface area contributed by atoms with E-state index in [1.54, 1.807) is 6.92 Å². The number of carbonyl (C=O) groups is 2. The highest BCUT2D eigenvalue weighted by Gasteiger charge is 2.19. The van der Waals surface area contributed by atoms with E-state index in [0.29, 0.717) is 15.6 Å². The van der Waals surface area contributed by atoms with Crippen LogP contribution in [-0.4, -0.2) is 17.9 Å². The summed E-state index contributed by atoms with van der Waals surface area (Å²) in [7, 11) is 0. The topological polar surface area (TPSA) is 67.4 Å². The number of nitrogens with one attached hydrogen (secondary N) is 2. The van der Waals surface area contributed by atoms with Crippen molar-refractivity contribution in [1.82, 2.24) is 10.9 Å². The van der Waals surface area contributed by atoms with Crippen LogP contribution in [0, 0.1) is 0 Å². The Kier molecular flexibility index (Phi) is 5.98. The fourth-order valence-corrected chi connectivity index (χ4v) is 3.91. The Morgan fingerprint density at radius 1 is 1.11 bits per heavy atom. The van der Waals surface area contributed by atoms with E-state index in [2.05, 4.69) is 17.8 Å². The SMILES string of the molecule is CCc1ccc(O[C@H](C)C(=O)NNC(=O)c2sc3ccccc3c2Cl)cc1. The molecule has 1 atom stereocenters. The third kappa shape index (κ3) is 4.40. The first-order valence-corrected chi connectivity index (χ1v) is 9.72. The summed E-state index contributed by atoms with van der Waals surface area (Å²) in [4.78, 5) is 24.9. The molecule has 140 valence electrons. The minimum absolute atomic E-state index is 0.349. The van der Waals surface area contributed by atoms with Crippen LogP contribution in [-0.2, 0) is 11.2 Å². The summed E-state index contributed by atoms with van der Waals surface area (Å²) in [6.07, 6.45) is 0.165. The normalized spacial score (nSPS) is 11.8. The second-order valence-corrected chi connectivity index (χ2v) is 7.37. The lowest BCUT2D eigenvalue weighted by molar-refractivity contribution is -0.128. The molecular formula is C20H19ClN2O3S. The molecule has 1 aromatic heterocycles. The van der Waals surface area contributed by atoms with Gasteiger partial charge in [-0.15, -0.1) is 11.3 Å². The lowest BCUT2D eigenvalue weighted by atomic mass is 10.2. The quantitative estimate of drug-likeness (QED) is 0.623. The lowest BCUT2D eigenvalue weighted by Crippen LogP contribution is -2.47. The highest BCUT2D eigenvalue weighted by Crippen LogP contribution is 2.34. The van der Waals surface area contributed by atoms with Crippen molar-refractivity contribution >= 4 is 44.8 Å². The van der Waals surface area contributed by atoms with E-state index in [0.717, 1.165) is 16.5 Å². The molecule has 0 spiro atoms. The molecule has 27 heavy (non-hydrogen) atoms. The summed E-state index contributed by atoms with van der Waals surface area (Å²) in [5.41, 5.74) is 5.96. The van der Waals surface area contributed by atoms with Crippen LogP contribution in [0.2, 0.25) is 5.02 Å². The number of benzene rings is 2. The van der Waals surface area contributed by atoms with E-state index in [1.807, 2.05) is 48.5 Å². The van der Waals surface area contributed by atoms with E-state index in [9.17, 15) is 9.59 Å². The molecule has 0 unspecified atom stereocenters. The first kappa shape index (κ1) is 19.2. The molecule has 0 bridgehead atoms. The maximum Gasteiger partial charge on any atom is 0.281 e. The smallest absolute Gasteiger partial charge is 0.281 e. The molecule has 2 amide bonds. The first-order valence-electron chi connectivity index (χ1n) is 8.52. The molecule has 0 saturated carbocycles. The van der Waals surface area contributed by atoms with E-state index >= 15 is 0 Å². The summed E-state index contributed by atoms with van der Waals surface area (Å²) < 4.78 is 6.51. The second kappa shape index (κ2) is 8.41. The Labute approximate surface area is 166 Å². The lowest BCUT2D eigenvalue weighted by Gasteiger charge is -2.15. The number of hydrogen-bond donors (Lipinski definition) is 2. The van der Waals surface area contributed by atoms with E-state index in [4.69, 9.17) is 16.3 Å². The van der Waals surface area contributed by atoms with Crippen molar-refractivity contribution in [1.29, 1.82) is 0 Å². The van der Waals surface area contributed by atoms with Crippen LogP contribution in [0.25, 0.3) is 10.1 Å². The Morgan fingerprint density at radius 3 is 2.48 bits per heavy atom. The zero-order chi connectivity index (χ0) is 19.4. The van der Waals surface area contributed by atoms with Crippen LogP contribution >= 0.6 is 22.9 Å². The van der Waals surface area contributed by atoms with Crippen LogP contribution < -0.4 is 15.6 Å². The van der Waals surface area contributed by atoms with Gasteiger partial charge in [-0.2, -0.15) is 0 Å². The van der Waals surface area contributed by atoms with E-state index in [1.165, 1.54) is 16.9 Å². The predicted molar refractivity (Wildman–Crippen MR) is 108 cm³/mol. The summed E-state index contributed by atoms with van der Waals surface area (Å²) in [6, 6.07) is 15.0. The standard InChI is InChI=1S/C20H19ClN2O3S/c1-3-13-8-10-14(11-9-13)26-12(2)19(24)22-23-20(25)18-17(21)15-6-4-5-7-16(15)27-18/h4-12H,3H2,1-2H3,(H,22,24)(H,23,25)/t12-/m1/s1. The Hall–Kier alpha value is -2.57. The summed E-state index contributed by atoms with van der Waals surface area (Å²) in [5, 5.41) is 1.19. The van der Waals surface area contributed by atoms with Crippen LogP contribution in [0.15, 0.2) is 48.5 Å². The first-order chi connectivity index (χ1) is 13.0. The van der Waals surface area contributed by atoms with Gasteiger partial charge in [0.05, 0.1) is 5.02 Å². The number of carbonyl (C=O) groups excluding carboxylic acids is 2. The molecule has 3 aromatic rings. The third-order valence-electron chi connectivity index (χ3n) is 4.05. The summed E-state index contributed by atoms with van der Waals surface area (Å²) >= 11 is 7.55. The molecule has 7 heteroatoms. The van der Waals surface area contributed by atoms with E-state index < -0.39 is 17.9 Å². The van der Waals surface area contributed by atoms with Gasteiger partial charge in [-0.05, 0) is 37.1 Å². The summed E-state index contributed by atoms with van der Waals surface area (Å²) in [6.45, 7) is 3.68. The van der Waals surface area contributed by atoms with Gasteiger partial charge in [0.25, 0.3) is 11.8 Å². The number of halogens is 1. The Morgan fingerprint density at radius 2 is 1.81 bits per heavy atom. The minimum Gasteiger partial charge on any atom is -0.481 e. The van der Waals surface area contributed by atoms with Crippen molar-refractivity contribution < 1.29 is 14.3 Å². The van der Waals surface area contributed by atoms with Gasteiger partial charge in [-0.1, -0.05) is 48.9 Å². The summed E-state index contributed by atoms with van der Waals surface area (Å²) in [5.74, 6) is -0.331. The van der Waals surface area contributed by atoms with Gasteiger partial charge in [0.1, 0.15) is 10.6 Å². The largest absolute Gasteiger partial charge is 0.481 e. The van der Waals surface area contributed by atoms with Gasteiger partial charge >= 0.3 is 0 Å². The average Bonchev–Trinajstić information content (AvgIpc) is 3.03. The number of rotatable bonds is 5. The van der Waals surface area contributed by atoms with E-state index in [-0.39, 0.29) is 0 Å². The third-order valence-corrected chi connectivity index (χ3v) is 5.73. The number of amides is 2. The molecule has 2 aromatic carbocycles. The fraction of sp³-hybridized carbons (Fsp3) is 0.200. The Bertz CT molecular complexity index is 969. The zero-order valence-electron chi connectivity index (χ0n) is 14.9. The van der Waals surface area contributed by atoms with Gasteiger partial charge < -0.3 is 4.74 Å². The highest BCUT2D eigenvalue weighted by molar-refractivity contribution is 7.21. The maximum absolute atomic E-state index is 12.4. The minimum atomic E-state index is -0.768. The molecular weight excluding hydrogens is 384 g/mol. The van der Waals surface area contributed by atoms with Gasteiger partial charge in [0, 0.05) is 10.1 Å². The zero-order valence-corrected chi connectivity index (χ0v) is 16.5. The van der Waals surface area contributed by atoms with Crippen molar-refractivity contribution in [2.45, 2.75) is 26.4 Å². The van der Waals surface area contributed by atoms with Crippen molar-refractivity contribution in [3.8, 4) is 5.75 Å². The molecule has 3 rings (SSSR count). The number of fused-ring (bicyclic) bond motifs is 1. The van der Waals surface area contributed by atoms with Crippen LogP contribution in [0.3, 0.4) is 0 Å². The molecule has 0 aliphatic rings. The van der Waals surface area contributed by atoms with Gasteiger partial charge in [0.15, 0.2) is 6.10 Å². The number of hydrogen-bond acceptors (Lipinski definition) is 4. The van der Waals surface area contributed by atoms with Gasteiger partial charge in [-0.3, -0.25) is 20.4 Å². The number of aryl methyl sites for hydroxylation is 1. The molecule has 0 fully saturated rings. The van der Waals surface area contributed by atoms with Gasteiger partial charge in [-0.25, -0.2) is 0 Å². The van der Waals surface area contributed by atoms with Crippen molar-refractivity contribution in [3.63, 3.8) is 0 Å². The Balaban J connectivity index is 1.58. The van der Waals surface area contributed by atoms with Crippen molar-refractivity contribution in [2.24, 2.45) is 0 Å². The molecule has 5 nitrogen and oxygen atoms in total. The molecule has 0 radical (unpaired) electrons. The number of ether oxygens (including phenoxy) is 1. The van der Waals surface area contributed by atoms with Crippen LogP contribution in [0.5, 0.6) is 5.75 Å². The number of hydrazine groups is 1. The molecule has 0 aliphatic heterocycles. The van der Waals surface area contributed by atoms with Crippen molar-refractivity contribution in [2.75, 3.05) is 0 Å². The maximum atomic E-state index is 12.4. The second-order valence-electron chi connectivity index (χ2n) is 5.94. The molecule has 0 saturated heterocycles. The molecule has 2 N–H and O–H groups in total. The highest BCUT2D eigenvalue weighted by atomic mass is 35.5. The van der Waals surface area contributed by atoms with Crippen LogP contribution in [0.1, 0.15) is 29.1 Å². The van der Waals surface area contributed by atoms with Crippen molar-refractivity contribution in [3.05, 3.63) is 64.0 Å². The monoisotopic (exact) mass is 402 g/mol. The number of thiophene rings is 1. The predicted octanol–water partition coefficient (Wildman–Crippen LogP) is 4.35. The average molecular weight is 403 g/mol.